The van der Waals surface area contributed by atoms with Crippen LogP contribution in [0, 0.1) is 0 Å². The highest BCUT2D eigenvalue weighted by Gasteiger charge is 2.14. The standard InChI is InChI=1S/C22H26N4O4/c1-3-16(2)25-21(28)22(29)26-24-14-18-10-7-11-19(12-18)30-15-20(27)23-13-17-8-5-4-6-9-17/h4-12,14,16H,3,13,15H2,1-2H3,(H,23,27)(H,25,28)(H,26,29)/b24-14-/t16-/m1/s1. The first kappa shape index (κ1) is 22.6. The van der Waals surface area contributed by atoms with Gasteiger partial charge in [-0.2, -0.15) is 5.10 Å². The van der Waals surface area contributed by atoms with Crippen LogP contribution in [0.2, 0.25) is 0 Å². The zero-order chi connectivity index (χ0) is 21.8. The molecule has 30 heavy (non-hydrogen) atoms. The Hall–Kier alpha value is -3.68. The topological polar surface area (TPSA) is 109 Å². The lowest BCUT2D eigenvalue weighted by molar-refractivity contribution is -0.139. The van der Waals surface area contributed by atoms with Gasteiger partial charge in [0.1, 0.15) is 5.75 Å². The number of carbonyl (C=O) groups excluding carboxylic acids is 3. The molecule has 2 aromatic carbocycles. The summed E-state index contributed by atoms with van der Waals surface area (Å²) < 4.78 is 5.49. The van der Waals surface area contributed by atoms with Gasteiger partial charge < -0.3 is 15.4 Å². The fraction of sp³-hybridized carbons (Fsp3) is 0.273. The quantitative estimate of drug-likeness (QED) is 0.332. The smallest absolute Gasteiger partial charge is 0.329 e. The summed E-state index contributed by atoms with van der Waals surface area (Å²) in [6, 6.07) is 16.3. The van der Waals surface area contributed by atoms with Gasteiger partial charge in [-0.3, -0.25) is 14.4 Å². The van der Waals surface area contributed by atoms with E-state index in [-0.39, 0.29) is 18.6 Å². The maximum absolute atomic E-state index is 11.9. The van der Waals surface area contributed by atoms with Crippen LogP contribution in [-0.2, 0) is 20.9 Å². The molecule has 0 radical (unpaired) electrons. The van der Waals surface area contributed by atoms with Crippen LogP contribution in [0.25, 0.3) is 0 Å². The third kappa shape index (κ3) is 8.14. The number of hydrogen-bond donors (Lipinski definition) is 3. The molecule has 8 heteroatoms. The van der Waals surface area contributed by atoms with Crippen molar-refractivity contribution in [3.05, 3.63) is 65.7 Å². The van der Waals surface area contributed by atoms with E-state index in [1.165, 1.54) is 6.21 Å². The Morgan fingerprint density at radius 3 is 2.57 bits per heavy atom. The van der Waals surface area contributed by atoms with Gasteiger partial charge in [-0.15, -0.1) is 0 Å². The van der Waals surface area contributed by atoms with Crippen LogP contribution in [0.1, 0.15) is 31.4 Å². The lowest BCUT2D eigenvalue weighted by atomic mass is 10.2. The molecule has 3 amide bonds. The average Bonchev–Trinajstić information content (AvgIpc) is 2.77. The molecule has 2 rings (SSSR count). The van der Waals surface area contributed by atoms with Crippen molar-refractivity contribution >= 4 is 23.9 Å². The van der Waals surface area contributed by atoms with Crippen LogP contribution in [0.3, 0.4) is 0 Å². The Bertz CT molecular complexity index is 884. The number of nitrogens with one attached hydrogen (secondary N) is 3. The fourth-order valence-corrected chi connectivity index (χ4v) is 2.29. The molecule has 0 fully saturated rings. The second kappa shape index (κ2) is 12.0. The van der Waals surface area contributed by atoms with Gasteiger partial charge in [-0.25, -0.2) is 5.43 Å². The Labute approximate surface area is 175 Å². The highest BCUT2D eigenvalue weighted by molar-refractivity contribution is 6.35. The van der Waals surface area contributed by atoms with E-state index in [1.807, 2.05) is 44.2 Å². The first-order valence-electron chi connectivity index (χ1n) is 9.65. The van der Waals surface area contributed by atoms with E-state index >= 15 is 0 Å². The van der Waals surface area contributed by atoms with Crippen LogP contribution in [0.5, 0.6) is 5.75 Å². The lowest BCUT2D eigenvalue weighted by Crippen LogP contribution is -2.41. The Balaban J connectivity index is 1.78. The molecule has 0 aromatic heterocycles. The van der Waals surface area contributed by atoms with E-state index < -0.39 is 11.8 Å². The monoisotopic (exact) mass is 410 g/mol. The second-order valence-corrected chi connectivity index (χ2v) is 6.61. The largest absolute Gasteiger partial charge is 0.484 e. The van der Waals surface area contributed by atoms with Gasteiger partial charge in [0.2, 0.25) is 0 Å². The average molecular weight is 410 g/mol. The van der Waals surface area contributed by atoms with Crippen molar-refractivity contribution in [1.82, 2.24) is 16.1 Å². The summed E-state index contributed by atoms with van der Waals surface area (Å²) in [5, 5.41) is 9.11. The second-order valence-electron chi connectivity index (χ2n) is 6.61. The maximum Gasteiger partial charge on any atom is 0.329 e. The molecule has 3 N–H and O–H groups in total. The number of carbonyl (C=O) groups is 3. The number of ether oxygens (including phenoxy) is 1. The van der Waals surface area contributed by atoms with E-state index in [4.69, 9.17) is 4.74 Å². The van der Waals surface area contributed by atoms with Gasteiger partial charge in [-0.1, -0.05) is 49.4 Å². The van der Waals surface area contributed by atoms with Gasteiger partial charge in [0.15, 0.2) is 6.61 Å². The number of nitrogens with zero attached hydrogens (tertiary/aromatic N) is 1. The number of amides is 3. The molecule has 158 valence electrons. The summed E-state index contributed by atoms with van der Waals surface area (Å²) in [5.41, 5.74) is 3.82. The van der Waals surface area contributed by atoms with Crippen LogP contribution in [0.4, 0.5) is 0 Å². The minimum Gasteiger partial charge on any atom is -0.484 e. The highest BCUT2D eigenvalue weighted by atomic mass is 16.5. The Kier molecular flexibility index (Phi) is 9.05. The van der Waals surface area contributed by atoms with Crippen LogP contribution < -0.4 is 20.8 Å². The molecule has 2 aromatic rings. The first-order chi connectivity index (χ1) is 14.5. The van der Waals surface area contributed by atoms with E-state index in [9.17, 15) is 14.4 Å². The molecule has 1 atom stereocenters. The minimum atomic E-state index is -0.839. The van der Waals surface area contributed by atoms with E-state index in [1.54, 1.807) is 24.3 Å². The summed E-state index contributed by atoms with van der Waals surface area (Å²) in [6.07, 6.45) is 2.11. The van der Waals surface area contributed by atoms with E-state index in [0.717, 1.165) is 12.0 Å². The molecule has 0 unspecified atom stereocenters. The van der Waals surface area contributed by atoms with Crippen LogP contribution in [-0.4, -0.2) is 36.6 Å². The Morgan fingerprint density at radius 2 is 1.83 bits per heavy atom. The molecule has 0 saturated carbocycles. The third-order valence-electron chi connectivity index (χ3n) is 4.14. The van der Waals surface area contributed by atoms with Gasteiger partial charge >= 0.3 is 11.8 Å². The highest BCUT2D eigenvalue weighted by Crippen LogP contribution is 2.11. The minimum absolute atomic E-state index is 0.0917. The number of benzene rings is 2. The molecular formula is C22H26N4O4. The predicted octanol–water partition coefficient (Wildman–Crippen LogP) is 1.75. The molecule has 0 aliphatic carbocycles. The predicted molar refractivity (Wildman–Crippen MR) is 114 cm³/mol. The summed E-state index contributed by atoms with van der Waals surface area (Å²) in [5.74, 6) is -1.33. The van der Waals surface area contributed by atoms with Crippen molar-refractivity contribution in [2.24, 2.45) is 5.10 Å². The van der Waals surface area contributed by atoms with Crippen LogP contribution in [0.15, 0.2) is 59.7 Å². The van der Waals surface area contributed by atoms with Gasteiger partial charge in [0.25, 0.3) is 5.91 Å². The van der Waals surface area contributed by atoms with Crippen molar-refractivity contribution in [3.8, 4) is 5.75 Å². The molecule has 0 saturated heterocycles. The van der Waals surface area contributed by atoms with Gasteiger partial charge in [0, 0.05) is 12.6 Å². The molecule has 0 aliphatic rings. The summed E-state index contributed by atoms with van der Waals surface area (Å²) in [7, 11) is 0. The normalized spacial score (nSPS) is 11.5. The summed E-state index contributed by atoms with van der Waals surface area (Å²) in [4.78, 5) is 35.3. The number of rotatable bonds is 9. The Morgan fingerprint density at radius 1 is 1.07 bits per heavy atom. The van der Waals surface area contributed by atoms with Crippen molar-refractivity contribution in [2.45, 2.75) is 32.9 Å². The van der Waals surface area contributed by atoms with Crippen LogP contribution >= 0.6 is 0 Å². The lowest BCUT2D eigenvalue weighted by Gasteiger charge is -2.09. The third-order valence-corrected chi connectivity index (χ3v) is 4.14. The molecule has 0 aliphatic heterocycles. The number of hydrazone groups is 1. The van der Waals surface area contributed by atoms with Crippen molar-refractivity contribution in [2.75, 3.05) is 6.61 Å². The molecule has 0 spiro atoms. The van der Waals surface area contributed by atoms with E-state index in [2.05, 4.69) is 21.2 Å². The van der Waals surface area contributed by atoms with Gasteiger partial charge in [0.05, 0.1) is 6.21 Å². The van der Waals surface area contributed by atoms with E-state index in [0.29, 0.717) is 17.9 Å². The van der Waals surface area contributed by atoms with Crippen molar-refractivity contribution in [1.29, 1.82) is 0 Å². The van der Waals surface area contributed by atoms with Crippen molar-refractivity contribution < 1.29 is 19.1 Å². The molecular weight excluding hydrogens is 384 g/mol. The number of hydrogen-bond acceptors (Lipinski definition) is 5. The molecule has 8 nitrogen and oxygen atoms in total. The van der Waals surface area contributed by atoms with Crippen molar-refractivity contribution in [3.63, 3.8) is 0 Å². The first-order valence-corrected chi connectivity index (χ1v) is 9.65. The van der Waals surface area contributed by atoms with Gasteiger partial charge in [-0.05, 0) is 36.6 Å². The fourth-order valence-electron chi connectivity index (χ4n) is 2.29. The zero-order valence-electron chi connectivity index (χ0n) is 17.1. The maximum atomic E-state index is 11.9. The molecule has 0 bridgehead atoms. The zero-order valence-corrected chi connectivity index (χ0v) is 17.1. The molecule has 0 heterocycles. The SMILES string of the molecule is CC[C@@H](C)NC(=O)C(=O)N/N=C\c1cccc(OCC(=O)NCc2ccccc2)c1. The summed E-state index contributed by atoms with van der Waals surface area (Å²) in [6.45, 7) is 4.02. The summed E-state index contributed by atoms with van der Waals surface area (Å²) >= 11 is 0.